The maximum Gasteiger partial charge on any atom is 0.257 e. The summed E-state index contributed by atoms with van der Waals surface area (Å²) >= 11 is 0. The number of hydrogen-bond acceptors (Lipinski definition) is 5. The summed E-state index contributed by atoms with van der Waals surface area (Å²) < 4.78 is 6.34. The minimum atomic E-state index is -0.281. The normalized spacial score (nSPS) is 22.9. The van der Waals surface area contributed by atoms with Crippen molar-refractivity contribution in [3.8, 4) is 0 Å². The van der Waals surface area contributed by atoms with E-state index in [2.05, 4.69) is 20.4 Å². The van der Waals surface area contributed by atoms with Gasteiger partial charge in [0.25, 0.3) is 17.8 Å². The van der Waals surface area contributed by atoms with Gasteiger partial charge in [0.1, 0.15) is 12.4 Å². The summed E-state index contributed by atoms with van der Waals surface area (Å²) in [6.45, 7) is -0.0497. The van der Waals surface area contributed by atoms with E-state index in [0.717, 1.165) is 49.9 Å². The molecular weight excluding hydrogens is 322 g/mol. The number of nitrogens with one attached hydrogen (secondary N) is 1. The number of ether oxygens (including phenoxy) is 1. The van der Waals surface area contributed by atoms with Crippen LogP contribution in [0.1, 0.15) is 50.1 Å². The van der Waals surface area contributed by atoms with Gasteiger partial charge in [-0.3, -0.25) is 9.59 Å². The van der Waals surface area contributed by atoms with E-state index >= 15 is 0 Å². The van der Waals surface area contributed by atoms with E-state index in [4.69, 9.17) is 4.74 Å². The first-order chi connectivity index (χ1) is 12.2. The third-order valence-corrected chi connectivity index (χ3v) is 4.79. The highest BCUT2D eigenvalue weighted by atomic mass is 16.5. The number of carbonyl (C=O) groups excluding carboxylic acids is 2. The Labute approximate surface area is 145 Å². The molecule has 2 aliphatic carbocycles. The van der Waals surface area contributed by atoms with Crippen LogP contribution in [-0.4, -0.2) is 47.0 Å². The van der Waals surface area contributed by atoms with Crippen LogP contribution in [-0.2, 0) is 14.3 Å². The second-order valence-electron chi connectivity index (χ2n) is 6.77. The number of carbonyl (C=O) groups is 2. The molecule has 2 fully saturated rings. The SMILES string of the molecule is COCC(=O)Nc1cc(C2CC2)nn1C1=NC(=O)C2CCCCC2=N1. The number of aliphatic imine (C=N–C) groups is 2. The highest BCUT2D eigenvalue weighted by molar-refractivity contribution is 6.16. The molecule has 3 aliphatic rings. The van der Waals surface area contributed by atoms with E-state index in [-0.39, 0.29) is 30.3 Å². The number of amides is 2. The van der Waals surface area contributed by atoms with E-state index in [1.54, 1.807) is 0 Å². The van der Waals surface area contributed by atoms with Crippen molar-refractivity contribution in [3.63, 3.8) is 0 Å². The third-order valence-electron chi connectivity index (χ3n) is 4.79. The molecule has 0 bridgehead atoms. The summed E-state index contributed by atoms with van der Waals surface area (Å²) in [5, 5.41) is 7.33. The van der Waals surface area contributed by atoms with Crippen LogP contribution in [0.4, 0.5) is 5.82 Å². The molecule has 0 spiro atoms. The largest absolute Gasteiger partial charge is 0.375 e. The van der Waals surface area contributed by atoms with Crippen LogP contribution in [0.5, 0.6) is 0 Å². The lowest BCUT2D eigenvalue weighted by atomic mass is 9.86. The maximum absolute atomic E-state index is 12.4. The molecule has 132 valence electrons. The Morgan fingerprint density at radius 2 is 2.16 bits per heavy atom. The molecule has 2 amide bonds. The lowest BCUT2D eigenvalue weighted by Crippen LogP contribution is -2.34. The zero-order valence-electron chi connectivity index (χ0n) is 14.2. The highest BCUT2D eigenvalue weighted by Gasteiger charge is 2.33. The standard InChI is InChI=1S/C17H21N5O3/c1-25-9-15(23)19-14-8-13(10-6-7-10)21-22(14)17-18-12-5-3-2-4-11(12)16(24)20-17/h8,10-11H,2-7,9H2,1H3,(H,19,23). The van der Waals surface area contributed by atoms with E-state index in [0.29, 0.717) is 11.7 Å². The topological polar surface area (TPSA) is 97.9 Å². The lowest BCUT2D eigenvalue weighted by Gasteiger charge is -2.24. The van der Waals surface area contributed by atoms with Gasteiger partial charge in [0.15, 0.2) is 0 Å². The zero-order valence-corrected chi connectivity index (χ0v) is 14.2. The quantitative estimate of drug-likeness (QED) is 0.900. The summed E-state index contributed by atoms with van der Waals surface area (Å²) in [4.78, 5) is 33.0. The molecular formula is C17H21N5O3. The average Bonchev–Trinajstić information content (AvgIpc) is 3.36. The number of nitrogens with zero attached hydrogens (tertiary/aromatic N) is 4. The first kappa shape index (κ1) is 16.1. The Morgan fingerprint density at radius 1 is 1.32 bits per heavy atom. The van der Waals surface area contributed by atoms with Crippen LogP contribution in [0.25, 0.3) is 0 Å². The molecule has 0 aromatic carbocycles. The molecule has 2 heterocycles. The monoisotopic (exact) mass is 343 g/mol. The van der Waals surface area contributed by atoms with Gasteiger partial charge < -0.3 is 10.1 Å². The fourth-order valence-electron chi connectivity index (χ4n) is 3.35. The van der Waals surface area contributed by atoms with Gasteiger partial charge in [0.05, 0.1) is 11.6 Å². The second kappa shape index (κ2) is 6.51. The number of hydrogen-bond donors (Lipinski definition) is 1. The summed E-state index contributed by atoms with van der Waals surface area (Å²) in [6, 6.07) is 1.84. The molecule has 8 heteroatoms. The van der Waals surface area contributed by atoms with Crippen LogP contribution in [0, 0.1) is 5.92 Å². The van der Waals surface area contributed by atoms with Gasteiger partial charge in [0.2, 0.25) is 0 Å². The molecule has 1 aliphatic heterocycles. The fraction of sp³-hybridized carbons (Fsp3) is 0.588. The number of rotatable bonds is 4. The van der Waals surface area contributed by atoms with Gasteiger partial charge in [-0.2, -0.15) is 14.8 Å². The first-order valence-electron chi connectivity index (χ1n) is 8.75. The Kier molecular flexibility index (Phi) is 4.20. The van der Waals surface area contributed by atoms with Gasteiger partial charge in [-0.1, -0.05) is 6.42 Å². The Balaban J connectivity index is 1.67. The van der Waals surface area contributed by atoms with Gasteiger partial charge in [-0.25, -0.2) is 4.99 Å². The Bertz CT molecular complexity index is 775. The average molecular weight is 343 g/mol. The van der Waals surface area contributed by atoms with Crippen LogP contribution >= 0.6 is 0 Å². The first-order valence-corrected chi connectivity index (χ1v) is 8.75. The molecule has 8 nitrogen and oxygen atoms in total. The Morgan fingerprint density at radius 3 is 2.92 bits per heavy atom. The van der Waals surface area contributed by atoms with Crippen LogP contribution in [0.15, 0.2) is 16.1 Å². The smallest absolute Gasteiger partial charge is 0.257 e. The van der Waals surface area contributed by atoms with Crippen LogP contribution in [0.3, 0.4) is 0 Å². The van der Waals surface area contributed by atoms with Gasteiger partial charge >= 0.3 is 0 Å². The molecule has 1 unspecified atom stereocenters. The summed E-state index contributed by atoms with van der Waals surface area (Å²) in [6.07, 6.45) is 5.89. The number of aromatic nitrogens is 2. The molecule has 1 aromatic heterocycles. The van der Waals surface area contributed by atoms with Gasteiger partial charge in [-0.15, -0.1) is 0 Å². The highest BCUT2D eigenvalue weighted by Crippen LogP contribution is 2.40. The van der Waals surface area contributed by atoms with Crippen LogP contribution < -0.4 is 5.32 Å². The minimum absolute atomic E-state index is 0.0497. The van der Waals surface area contributed by atoms with Crippen molar-refractivity contribution >= 4 is 29.3 Å². The number of methoxy groups -OCH3 is 1. The van der Waals surface area contributed by atoms with E-state index in [9.17, 15) is 9.59 Å². The van der Waals surface area contributed by atoms with Crippen molar-refractivity contribution in [2.45, 2.75) is 44.4 Å². The zero-order chi connectivity index (χ0) is 17.4. The van der Waals surface area contributed by atoms with Crippen molar-refractivity contribution in [2.75, 3.05) is 19.0 Å². The van der Waals surface area contributed by atoms with E-state index < -0.39 is 0 Å². The summed E-state index contributed by atoms with van der Waals surface area (Å²) in [7, 11) is 1.46. The van der Waals surface area contributed by atoms with Crippen molar-refractivity contribution in [2.24, 2.45) is 15.9 Å². The molecule has 1 N–H and O–H groups in total. The molecule has 4 rings (SSSR count). The van der Waals surface area contributed by atoms with Crippen molar-refractivity contribution in [1.82, 2.24) is 9.78 Å². The van der Waals surface area contributed by atoms with Gasteiger partial charge in [0, 0.05) is 24.8 Å². The summed E-state index contributed by atoms with van der Waals surface area (Å²) in [5.41, 5.74) is 1.78. The molecule has 0 saturated heterocycles. The fourth-order valence-corrected chi connectivity index (χ4v) is 3.35. The minimum Gasteiger partial charge on any atom is -0.375 e. The van der Waals surface area contributed by atoms with Crippen molar-refractivity contribution in [3.05, 3.63) is 11.8 Å². The summed E-state index contributed by atoms with van der Waals surface area (Å²) in [5.74, 6) is 0.526. The molecule has 2 saturated carbocycles. The van der Waals surface area contributed by atoms with Crippen molar-refractivity contribution < 1.29 is 14.3 Å². The van der Waals surface area contributed by atoms with E-state index in [1.807, 2.05) is 6.07 Å². The number of fused-ring (bicyclic) bond motifs is 1. The molecule has 1 aromatic rings. The maximum atomic E-state index is 12.4. The predicted octanol–water partition coefficient (Wildman–Crippen LogP) is 1.72. The molecule has 0 radical (unpaired) electrons. The molecule has 1 atom stereocenters. The second-order valence-corrected chi connectivity index (χ2v) is 6.77. The lowest BCUT2D eigenvalue weighted by molar-refractivity contribution is -0.120. The van der Waals surface area contributed by atoms with Crippen LogP contribution in [0.2, 0.25) is 0 Å². The Hall–Kier alpha value is -2.35. The van der Waals surface area contributed by atoms with E-state index in [1.165, 1.54) is 11.8 Å². The molecule has 25 heavy (non-hydrogen) atoms. The van der Waals surface area contributed by atoms with Gasteiger partial charge in [-0.05, 0) is 32.1 Å². The number of anilines is 1. The van der Waals surface area contributed by atoms with Crippen molar-refractivity contribution in [1.29, 1.82) is 0 Å². The third kappa shape index (κ3) is 3.26. The predicted molar refractivity (Wildman–Crippen MR) is 91.9 cm³/mol.